The van der Waals surface area contributed by atoms with E-state index in [0.29, 0.717) is 0 Å². The fourth-order valence-electron chi connectivity index (χ4n) is 2.21. The number of nitrogens with one attached hydrogen (secondary N) is 2. The molecule has 1 aromatic heterocycles. The Bertz CT molecular complexity index is 763. The van der Waals surface area contributed by atoms with E-state index in [4.69, 9.17) is 11.6 Å². The van der Waals surface area contributed by atoms with E-state index in [1.807, 2.05) is 31.2 Å². The summed E-state index contributed by atoms with van der Waals surface area (Å²) in [5.74, 6) is -1.07. The van der Waals surface area contributed by atoms with Crippen LogP contribution in [0.2, 0.25) is 5.02 Å². The molecule has 7 nitrogen and oxygen atoms in total. The fraction of sp³-hybridized carbons (Fsp3) is 0.375. The lowest BCUT2D eigenvalue weighted by Crippen LogP contribution is -2.27. The SMILES string of the molecule is C[C@H](NC(=O)c1n[nH]c([N+](=O)[O-])c1Cl)c1ccc(C(C)(C)C)cc1. The number of halogens is 1. The molecule has 24 heavy (non-hydrogen) atoms. The lowest BCUT2D eigenvalue weighted by atomic mass is 9.86. The number of nitro groups is 1. The Morgan fingerprint density at radius 2 is 1.92 bits per heavy atom. The van der Waals surface area contributed by atoms with Crippen molar-refractivity contribution in [2.24, 2.45) is 0 Å². The van der Waals surface area contributed by atoms with Crippen molar-refractivity contribution in [3.05, 3.63) is 56.2 Å². The molecule has 0 spiro atoms. The van der Waals surface area contributed by atoms with Gasteiger partial charge < -0.3 is 15.4 Å². The van der Waals surface area contributed by atoms with Crippen LogP contribution >= 0.6 is 11.6 Å². The van der Waals surface area contributed by atoms with Gasteiger partial charge in [0.25, 0.3) is 5.91 Å². The van der Waals surface area contributed by atoms with Gasteiger partial charge >= 0.3 is 5.82 Å². The van der Waals surface area contributed by atoms with Crippen LogP contribution in [0.25, 0.3) is 0 Å². The Morgan fingerprint density at radius 3 is 2.38 bits per heavy atom. The molecule has 0 radical (unpaired) electrons. The molecule has 0 saturated heterocycles. The summed E-state index contributed by atoms with van der Waals surface area (Å²) in [6.45, 7) is 8.19. The van der Waals surface area contributed by atoms with Gasteiger partial charge in [-0.25, -0.2) is 0 Å². The maximum Gasteiger partial charge on any atom is 0.362 e. The molecule has 1 aromatic carbocycles. The second kappa shape index (κ2) is 6.60. The van der Waals surface area contributed by atoms with Gasteiger partial charge in [-0.2, -0.15) is 0 Å². The number of aromatic nitrogens is 2. The van der Waals surface area contributed by atoms with Crippen LogP contribution in [-0.4, -0.2) is 21.0 Å². The third-order valence-electron chi connectivity index (χ3n) is 3.71. The highest BCUT2D eigenvalue weighted by Gasteiger charge is 2.26. The highest BCUT2D eigenvalue weighted by Crippen LogP contribution is 2.26. The van der Waals surface area contributed by atoms with Crippen molar-refractivity contribution in [3.63, 3.8) is 0 Å². The van der Waals surface area contributed by atoms with Crippen LogP contribution in [0.1, 0.15) is 55.4 Å². The fourth-order valence-corrected chi connectivity index (χ4v) is 2.45. The highest BCUT2D eigenvalue weighted by atomic mass is 35.5. The molecule has 8 heteroatoms. The summed E-state index contributed by atoms with van der Waals surface area (Å²) in [6, 6.07) is 7.63. The van der Waals surface area contributed by atoms with Gasteiger partial charge in [-0.15, -0.1) is 5.10 Å². The molecule has 128 valence electrons. The molecule has 0 aliphatic carbocycles. The second-order valence-electron chi connectivity index (χ2n) is 6.56. The molecule has 0 aliphatic heterocycles. The molecule has 1 heterocycles. The molecule has 0 unspecified atom stereocenters. The molecule has 0 saturated carbocycles. The van der Waals surface area contributed by atoms with Gasteiger partial charge in [-0.05, 0) is 28.4 Å². The number of aromatic amines is 1. The monoisotopic (exact) mass is 350 g/mol. The van der Waals surface area contributed by atoms with Gasteiger partial charge in [-0.1, -0.05) is 61.7 Å². The summed E-state index contributed by atoms with van der Waals surface area (Å²) in [6.07, 6.45) is 0. The number of H-pyrrole nitrogens is 1. The molecule has 0 fully saturated rings. The molecule has 2 aromatic rings. The number of nitrogens with zero attached hydrogens (tertiary/aromatic N) is 2. The first-order valence-corrected chi connectivity index (χ1v) is 7.78. The number of benzene rings is 1. The third-order valence-corrected chi connectivity index (χ3v) is 4.07. The van der Waals surface area contributed by atoms with E-state index in [0.717, 1.165) is 5.56 Å². The lowest BCUT2D eigenvalue weighted by Gasteiger charge is -2.20. The highest BCUT2D eigenvalue weighted by molar-refractivity contribution is 6.35. The average Bonchev–Trinajstić information content (AvgIpc) is 2.88. The van der Waals surface area contributed by atoms with Crippen LogP contribution in [0.15, 0.2) is 24.3 Å². The molecule has 1 atom stereocenters. The second-order valence-corrected chi connectivity index (χ2v) is 6.94. The summed E-state index contributed by atoms with van der Waals surface area (Å²) in [5, 5.41) is 18.9. The predicted octanol–water partition coefficient (Wildman–Crippen LogP) is 3.76. The Labute approximate surface area is 144 Å². The van der Waals surface area contributed by atoms with Crippen LogP contribution in [0.4, 0.5) is 5.82 Å². The van der Waals surface area contributed by atoms with E-state index < -0.39 is 16.6 Å². The van der Waals surface area contributed by atoms with E-state index in [1.54, 1.807) is 0 Å². The first-order valence-electron chi connectivity index (χ1n) is 7.41. The Hall–Kier alpha value is -2.41. The molecular formula is C16H19ClN4O3. The Kier molecular flexibility index (Phi) is 4.94. The topological polar surface area (TPSA) is 101 Å². The van der Waals surface area contributed by atoms with Crippen LogP contribution in [0.3, 0.4) is 0 Å². The average molecular weight is 351 g/mol. The maximum absolute atomic E-state index is 12.2. The molecule has 0 bridgehead atoms. The minimum absolute atomic E-state index is 0.0481. The molecule has 0 aliphatic rings. The number of carbonyl (C=O) groups is 1. The van der Waals surface area contributed by atoms with Gasteiger partial charge in [0.1, 0.15) is 0 Å². The summed E-state index contributed by atoms with van der Waals surface area (Å²) in [7, 11) is 0. The summed E-state index contributed by atoms with van der Waals surface area (Å²) < 4.78 is 0. The van der Waals surface area contributed by atoms with Crippen molar-refractivity contribution >= 4 is 23.3 Å². The van der Waals surface area contributed by atoms with Gasteiger partial charge in [0.2, 0.25) is 0 Å². The van der Waals surface area contributed by atoms with E-state index >= 15 is 0 Å². The molecule has 1 amide bonds. The Balaban J connectivity index is 2.13. The minimum Gasteiger partial charge on any atom is -0.358 e. The predicted molar refractivity (Wildman–Crippen MR) is 91.3 cm³/mol. The van der Waals surface area contributed by atoms with Crippen LogP contribution in [-0.2, 0) is 5.41 Å². The van der Waals surface area contributed by atoms with Gasteiger partial charge in [0.15, 0.2) is 10.7 Å². The van der Waals surface area contributed by atoms with Crippen molar-refractivity contribution in [3.8, 4) is 0 Å². The Morgan fingerprint density at radius 1 is 1.33 bits per heavy atom. The minimum atomic E-state index is -0.721. The zero-order valence-electron chi connectivity index (χ0n) is 13.9. The van der Waals surface area contributed by atoms with E-state index in [2.05, 4.69) is 36.3 Å². The summed E-state index contributed by atoms with van der Waals surface area (Å²) in [4.78, 5) is 22.2. The smallest absolute Gasteiger partial charge is 0.358 e. The number of amides is 1. The first kappa shape index (κ1) is 17.9. The van der Waals surface area contributed by atoms with Gasteiger partial charge in [0.05, 0.1) is 6.04 Å². The number of hydrogen-bond acceptors (Lipinski definition) is 4. The standard InChI is InChI=1S/C16H19ClN4O3/c1-9(10-5-7-11(8-6-10)16(2,3)4)18-15(22)13-12(17)14(20-19-13)21(23)24/h5-9H,1-4H3,(H,18,22)(H,19,20)/t9-/m0/s1. The number of hydrogen-bond donors (Lipinski definition) is 2. The van der Waals surface area contributed by atoms with E-state index in [9.17, 15) is 14.9 Å². The zero-order chi connectivity index (χ0) is 18.1. The summed E-state index contributed by atoms with van der Waals surface area (Å²) in [5.41, 5.74) is 1.96. The van der Waals surface area contributed by atoms with Crippen molar-refractivity contribution in [1.82, 2.24) is 15.5 Å². The maximum atomic E-state index is 12.2. The third kappa shape index (κ3) is 3.73. The van der Waals surface area contributed by atoms with Gasteiger partial charge in [-0.3, -0.25) is 4.79 Å². The number of rotatable bonds is 4. The largest absolute Gasteiger partial charge is 0.362 e. The summed E-state index contributed by atoms with van der Waals surface area (Å²) >= 11 is 5.82. The van der Waals surface area contributed by atoms with Crippen LogP contribution in [0, 0.1) is 10.1 Å². The van der Waals surface area contributed by atoms with Crippen molar-refractivity contribution < 1.29 is 9.72 Å². The van der Waals surface area contributed by atoms with Crippen molar-refractivity contribution in [2.45, 2.75) is 39.2 Å². The van der Waals surface area contributed by atoms with E-state index in [-0.39, 0.29) is 22.2 Å². The van der Waals surface area contributed by atoms with Crippen molar-refractivity contribution in [1.29, 1.82) is 0 Å². The normalized spacial score (nSPS) is 12.7. The quantitative estimate of drug-likeness (QED) is 0.647. The lowest BCUT2D eigenvalue weighted by molar-refractivity contribution is -0.389. The molecular weight excluding hydrogens is 332 g/mol. The van der Waals surface area contributed by atoms with Crippen LogP contribution < -0.4 is 5.32 Å². The number of carbonyl (C=O) groups excluding carboxylic acids is 1. The van der Waals surface area contributed by atoms with Gasteiger partial charge in [0, 0.05) is 0 Å². The molecule has 2 rings (SSSR count). The van der Waals surface area contributed by atoms with E-state index in [1.165, 1.54) is 5.56 Å². The van der Waals surface area contributed by atoms with Crippen molar-refractivity contribution in [2.75, 3.05) is 0 Å². The molecule has 2 N–H and O–H groups in total. The van der Waals surface area contributed by atoms with Crippen LogP contribution in [0.5, 0.6) is 0 Å². The zero-order valence-corrected chi connectivity index (χ0v) is 14.6. The first-order chi connectivity index (χ1) is 11.1.